The Bertz CT molecular complexity index is 330. The molecule has 14 heavy (non-hydrogen) atoms. The maximum atomic E-state index is 5.95. The molecule has 76 valence electrons. The third-order valence-corrected chi connectivity index (χ3v) is 2.52. The summed E-state index contributed by atoms with van der Waals surface area (Å²) in [7, 11) is 0. The zero-order valence-electron chi connectivity index (χ0n) is 7.77. The normalized spacial score (nSPS) is 15.6. The number of fused-ring (bicyclic) bond motifs is 1. The number of hydrogen-bond donors (Lipinski definition) is 2. The van der Waals surface area contributed by atoms with Gasteiger partial charge in [-0.2, -0.15) is 12.6 Å². The summed E-state index contributed by atoms with van der Waals surface area (Å²) in [5.74, 6) is 2.37. The molecular formula is C10H13NO2S. The van der Waals surface area contributed by atoms with E-state index < -0.39 is 0 Å². The summed E-state index contributed by atoms with van der Waals surface area (Å²) < 4.78 is 10.5. The van der Waals surface area contributed by atoms with Gasteiger partial charge in [0.25, 0.3) is 0 Å². The Morgan fingerprint density at radius 2 is 2.14 bits per heavy atom. The van der Waals surface area contributed by atoms with Crippen LogP contribution in [-0.2, 0) is 0 Å². The Labute approximate surface area is 88.6 Å². The second-order valence-electron chi connectivity index (χ2n) is 3.23. The molecule has 1 aromatic rings. The lowest BCUT2D eigenvalue weighted by Crippen LogP contribution is -2.10. The molecule has 0 aliphatic carbocycles. The van der Waals surface area contributed by atoms with Gasteiger partial charge < -0.3 is 15.2 Å². The van der Waals surface area contributed by atoms with E-state index in [0.29, 0.717) is 6.79 Å². The van der Waals surface area contributed by atoms with Gasteiger partial charge in [0.2, 0.25) is 6.79 Å². The van der Waals surface area contributed by atoms with E-state index in [4.69, 9.17) is 15.2 Å². The lowest BCUT2D eigenvalue weighted by Gasteiger charge is -2.10. The van der Waals surface area contributed by atoms with Gasteiger partial charge in [-0.25, -0.2) is 0 Å². The quantitative estimate of drug-likeness (QED) is 0.748. The first-order valence-corrected chi connectivity index (χ1v) is 5.20. The van der Waals surface area contributed by atoms with E-state index in [1.165, 1.54) is 0 Å². The van der Waals surface area contributed by atoms with Crippen LogP contribution in [-0.4, -0.2) is 12.5 Å². The van der Waals surface area contributed by atoms with Crippen molar-refractivity contribution in [2.45, 2.75) is 12.5 Å². The maximum absolute atomic E-state index is 5.95. The zero-order valence-corrected chi connectivity index (χ0v) is 8.67. The molecule has 0 amide bonds. The standard InChI is InChI=1S/C10H13NO2S/c11-8(3-4-14)7-1-2-9-10(5-7)13-6-12-9/h1-2,5,8,14H,3-4,6,11H2. The third-order valence-electron chi connectivity index (χ3n) is 2.26. The fourth-order valence-corrected chi connectivity index (χ4v) is 1.73. The lowest BCUT2D eigenvalue weighted by molar-refractivity contribution is 0.174. The van der Waals surface area contributed by atoms with E-state index >= 15 is 0 Å². The van der Waals surface area contributed by atoms with Crippen LogP contribution in [0, 0.1) is 0 Å². The van der Waals surface area contributed by atoms with Crippen LogP contribution in [0.4, 0.5) is 0 Å². The average Bonchev–Trinajstić information content (AvgIpc) is 2.64. The summed E-state index contributed by atoms with van der Waals surface area (Å²) in [4.78, 5) is 0. The van der Waals surface area contributed by atoms with Crippen LogP contribution in [0.2, 0.25) is 0 Å². The van der Waals surface area contributed by atoms with Gasteiger partial charge in [0.15, 0.2) is 11.5 Å². The van der Waals surface area contributed by atoms with Crippen molar-refractivity contribution in [3.05, 3.63) is 23.8 Å². The molecule has 2 rings (SSSR count). The van der Waals surface area contributed by atoms with Crippen molar-refractivity contribution in [3.8, 4) is 11.5 Å². The lowest BCUT2D eigenvalue weighted by atomic mass is 10.1. The van der Waals surface area contributed by atoms with Crippen molar-refractivity contribution in [1.82, 2.24) is 0 Å². The smallest absolute Gasteiger partial charge is 0.231 e. The van der Waals surface area contributed by atoms with Crippen LogP contribution in [0.1, 0.15) is 18.0 Å². The molecule has 1 aliphatic heterocycles. The predicted octanol–water partition coefficient (Wildman–Crippen LogP) is 1.73. The number of nitrogens with two attached hydrogens (primary N) is 1. The molecule has 1 heterocycles. The molecule has 1 aromatic carbocycles. The number of ether oxygens (including phenoxy) is 2. The van der Waals surface area contributed by atoms with Gasteiger partial charge >= 0.3 is 0 Å². The van der Waals surface area contributed by atoms with E-state index in [1.807, 2.05) is 18.2 Å². The molecule has 0 saturated heterocycles. The molecule has 3 nitrogen and oxygen atoms in total. The molecular weight excluding hydrogens is 198 g/mol. The van der Waals surface area contributed by atoms with Crippen LogP contribution in [0.15, 0.2) is 18.2 Å². The van der Waals surface area contributed by atoms with Gasteiger partial charge in [0.1, 0.15) is 0 Å². The molecule has 0 bridgehead atoms. The molecule has 0 radical (unpaired) electrons. The van der Waals surface area contributed by atoms with Gasteiger partial charge in [-0.3, -0.25) is 0 Å². The Hall–Kier alpha value is -0.870. The molecule has 1 atom stereocenters. The number of rotatable bonds is 3. The van der Waals surface area contributed by atoms with E-state index in [0.717, 1.165) is 29.2 Å². The minimum absolute atomic E-state index is 0.0296. The van der Waals surface area contributed by atoms with Crippen molar-refractivity contribution in [2.24, 2.45) is 5.73 Å². The van der Waals surface area contributed by atoms with Crippen molar-refractivity contribution in [3.63, 3.8) is 0 Å². The summed E-state index contributed by atoms with van der Waals surface area (Å²) in [5, 5.41) is 0. The molecule has 1 unspecified atom stereocenters. The third kappa shape index (κ3) is 1.81. The van der Waals surface area contributed by atoms with Crippen molar-refractivity contribution >= 4 is 12.6 Å². The maximum Gasteiger partial charge on any atom is 0.231 e. The largest absolute Gasteiger partial charge is 0.454 e. The van der Waals surface area contributed by atoms with E-state index in [2.05, 4.69) is 12.6 Å². The molecule has 1 aliphatic rings. The highest BCUT2D eigenvalue weighted by atomic mass is 32.1. The highest BCUT2D eigenvalue weighted by Gasteiger charge is 2.15. The first-order chi connectivity index (χ1) is 6.81. The topological polar surface area (TPSA) is 44.5 Å². The molecule has 0 aromatic heterocycles. The summed E-state index contributed by atoms with van der Waals surface area (Å²) in [5.41, 5.74) is 7.03. The summed E-state index contributed by atoms with van der Waals surface area (Å²) in [6.07, 6.45) is 0.864. The highest BCUT2D eigenvalue weighted by Crippen LogP contribution is 2.34. The zero-order chi connectivity index (χ0) is 9.97. The van der Waals surface area contributed by atoms with E-state index in [1.54, 1.807) is 0 Å². The van der Waals surface area contributed by atoms with Gasteiger partial charge in [-0.1, -0.05) is 6.07 Å². The van der Waals surface area contributed by atoms with Crippen LogP contribution in [0.3, 0.4) is 0 Å². The molecule has 2 N–H and O–H groups in total. The Kier molecular flexibility index (Phi) is 2.84. The Morgan fingerprint density at radius 1 is 1.36 bits per heavy atom. The molecule has 0 saturated carbocycles. The van der Waals surface area contributed by atoms with E-state index in [9.17, 15) is 0 Å². The predicted molar refractivity (Wildman–Crippen MR) is 58.0 cm³/mol. The van der Waals surface area contributed by atoms with Crippen LogP contribution in [0.5, 0.6) is 11.5 Å². The summed E-state index contributed by atoms with van der Waals surface area (Å²) in [6, 6.07) is 5.84. The van der Waals surface area contributed by atoms with Gasteiger partial charge in [-0.05, 0) is 29.9 Å². The van der Waals surface area contributed by atoms with Crippen LogP contribution < -0.4 is 15.2 Å². The van der Waals surface area contributed by atoms with Crippen molar-refractivity contribution < 1.29 is 9.47 Å². The monoisotopic (exact) mass is 211 g/mol. The Balaban J connectivity index is 2.19. The second-order valence-corrected chi connectivity index (χ2v) is 3.68. The first kappa shape index (κ1) is 9.68. The minimum Gasteiger partial charge on any atom is -0.454 e. The second kappa shape index (κ2) is 4.11. The summed E-state index contributed by atoms with van der Waals surface area (Å²) >= 11 is 4.16. The summed E-state index contributed by atoms with van der Waals surface area (Å²) in [6.45, 7) is 0.306. The van der Waals surface area contributed by atoms with Crippen molar-refractivity contribution in [1.29, 1.82) is 0 Å². The van der Waals surface area contributed by atoms with Crippen LogP contribution >= 0.6 is 12.6 Å². The van der Waals surface area contributed by atoms with Crippen molar-refractivity contribution in [2.75, 3.05) is 12.5 Å². The van der Waals surface area contributed by atoms with E-state index in [-0.39, 0.29) is 6.04 Å². The fraction of sp³-hybridized carbons (Fsp3) is 0.400. The molecule has 0 spiro atoms. The number of thiol groups is 1. The average molecular weight is 211 g/mol. The number of hydrogen-bond acceptors (Lipinski definition) is 4. The van der Waals surface area contributed by atoms with Gasteiger partial charge in [0.05, 0.1) is 0 Å². The van der Waals surface area contributed by atoms with Crippen LogP contribution in [0.25, 0.3) is 0 Å². The van der Waals surface area contributed by atoms with Gasteiger partial charge in [-0.15, -0.1) is 0 Å². The molecule has 0 fully saturated rings. The SMILES string of the molecule is NC(CCS)c1ccc2c(c1)OCO2. The highest BCUT2D eigenvalue weighted by molar-refractivity contribution is 7.80. The molecule has 4 heteroatoms. The first-order valence-electron chi connectivity index (χ1n) is 4.57. The minimum atomic E-state index is 0.0296. The Morgan fingerprint density at radius 3 is 2.93 bits per heavy atom. The number of benzene rings is 1. The van der Waals surface area contributed by atoms with Gasteiger partial charge in [0, 0.05) is 6.04 Å². The fourth-order valence-electron chi connectivity index (χ4n) is 1.45.